The number of nitrogens with one attached hydrogen (secondary N) is 1. The molecular weight excluding hydrogens is 426 g/mol. The van der Waals surface area contributed by atoms with Crippen molar-refractivity contribution in [1.29, 1.82) is 0 Å². The van der Waals surface area contributed by atoms with Crippen LogP contribution in [0.25, 0.3) is 16.2 Å². The van der Waals surface area contributed by atoms with Gasteiger partial charge < -0.3 is 9.47 Å². The first kappa shape index (κ1) is 18.8. The standard InChI is InChI=1S/C19H20ClN7S2/c1-2-26-16(22-23-17(26)28)13-7-9-25(10-8-13)19-24-27-11-15(21-18(27)29-19)12-3-5-14(20)6-4-12/h3-6,11,13H,2,7-10H2,1H3,(H,23,28). The van der Waals surface area contributed by atoms with Crippen LogP contribution in [0.5, 0.6) is 0 Å². The first-order chi connectivity index (χ1) is 14.1. The van der Waals surface area contributed by atoms with E-state index in [1.54, 1.807) is 11.3 Å². The van der Waals surface area contributed by atoms with Gasteiger partial charge in [0.15, 0.2) is 4.77 Å². The Balaban J connectivity index is 1.31. The van der Waals surface area contributed by atoms with E-state index in [4.69, 9.17) is 33.9 Å². The number of imidazole rings is 1. The van der Waals surface area contributed by atoms with Gasteiger partial charge in [-0.3, -0.25) is 5.10 Å². The van der Waals surface area contributed by atoms with E-state index in [2.05, 4.69) is 26.6 Å². The second-order valence-corrected chi connectivity index (χ2v) is 8.89. The Kier molecular flexibility index (Phi) is 4.89. The van der Waals surface area contributed by atoms with Crippen LogP contribution in [0.2, 0.25) is 5.02 Å². The number of piperidine rings is 1. The average Bonchev–Trinajstić information content (AvgIpc) is 3.41. The van der Waals surface area contributed by atoms with Gasteiger partial charge in [0.05, 0.1) is 11.9 Å². The molecule has 5 rings (SSSR count). The lowest BCUT2D eigenvalue weighted by Gasteiger charge is -2.31. The fourth-order valence-corrected chi connectivity index (χ4v) is 5.18. The van der Waals surface area contributed by atoms with E-state index in [0.717, 1.165) is 64.7 Å². The Morgan fingerprint density at radius 3 is 2.69 bits per heavy atom. The summed E-state index contributed by atoms with van der Waals surface area (Å²) in [5.41, 5.74) is 1.95. The number of anilines is 1. The smallest absolute Gasteiger partial charge is 0.214 e. The number of aromatic nitrogens is 6. The van der Waals surface area contributed by atoms with E-state index < -0.39 is 0 Å². The van der Waals surface area contributed by atoms with Crippen LogP contribution in [0.1, 0.15) is 31.5 Å². The predicted octanol–water partition coefficient (Wildman–Crippen LogP) is 4.77. The maximum absolute atomic E-state index is 5.98. The molecular formula is C19H20ClN7S2. The summed E-state index contributed by atoms with van der Waals surface area (Å²) in [7, 11) is 0. The summed E-state index contributed by atoms with van der Waals surface area (Å²) >= 11 is 12.9. The van der Waals surface area contributed by atoms with Crippen molar-refractivity contribution < 1.29 is 0 Å². The van der Waals surface area contributed by atoms with Crippen LogP contribution in [0, 0.1) is 4.77 Å². The fraction of sp³-hybridized carbons (Fsp3) is 0.368. The number of rotatable bonds is 4. The summed E-state index contributed by atoms with van der Waals surface area (Å²) in [5, 5.41) is 13.9. The van der Waals surface area contributed by atoms with Gasteiger partial charge in [-0.2, -0.15) is 5.10 Å². The lowest BCUT2D eigenvalue weighted by Crippen LogP contribution is -2.33. The molecule has 4 aromatic rings. The summed E-state index contributed by atoms with van der Waals surface area (Å²) in [5.74, 6) is 1.51. The van der Waals surface area contributed by atoms with E-state index in [-0.39, 0.29) is 0 Å². The minimum atomic E-state index is 0.430. The van der Waals surface area contributed by atoms with E-state index in [9.17, 15) is 0 Å². The SMILES string of the molecule is CCn1c(C2CCN(c3nn4cc(-c5ccc(Cl)cc5)nc4s3)CC2)n[nH]c1=S. The number of nitrogens with zero attached hydrogens (tertiary/aromatic N) is 6. The molecule has 29 heavy (non-hydrogen) atoms. The molecule has 1 aromatic carbocycles. The fourth-order valence-electron chi connectivity index (χ4n) is 3.85. The summed E-state index contributed by atoms with van der Waals surface area (Å²) in [6.07, 6.45) is 4.05. The van der Waals surface area contributed by atoms with Crippen LogP contribution in [0.4, 0.5) is 5.13 Å². The highest BCUT2D eigenvalue weighted by atomic mass is 35.5. The van der Waals surface area contributed by atoms with Gasteiger partial charge in [-0.15, -0.1) is 5.10 Å². The van der Waals surface area contributed by atoms with Crippen LogP contribution >= 0.6 is 35.2 Å². The molecule has 0 saturated carbocycles. The van der Waals surface area contributed by atoms with Gasteiger partial charge in [-0.05, 0) is 44.1 Å². The Morgan fingerprint density at radius 1 is 1.24 bits per heavy atom. The first-order valence-electron chi connectivity index (χ1n) is 9.64. The second kappa shape index (κ2) is 7.55. The monoisotopic (exact) mass is 445 g/mol. The van der Waals surface area contributed by atoms with Gasteiger partial charge >= 0.3 is 0 Å². The Morgan fingerprint density at radius 2 is 2.00 bits per heavy atom. The molecule has 10 heteroatoms. The zero-order chi connectivity index (χ0) is 20.0. The number of fused-ring (bicyclic) bond motifs is 1. The number of halogens is 1. The lowest BCUT2D eigenvalue weighted by molar-refractivity contribution is 0.465. The second-order valence-electron chi connectivity index (χ2n) is 7.14. The minimum Gasteiger partial charge on any atom is -0.347 e. The maximum atomic E-state index is 5.98. The third kappa shape index (κ3) is 3.47. The maximum Gasteiger partial charge on any atom is 0.214 e. The minimum absolute atomic E-state index is 0.430. The lowest BCUT2D eigenvalue weighted by atomic mass is 9.96. The Bertz CT molecular complexity index is 1160. The molecule has 0 atom stereocenters. The highest BCUT2D eigenvalue weighted by Gasteiger charge is 2.26. The molecule has 1 aliphatic rings. The van der Waals surface area contributed by atoms with E-state index in [1.165, 1.54) is 0 Å². The predicted molar refractivity (Wildman–Crippen MR) is 119 cm³/mol. The molecule has 0 radical (unpaired) electrons. The molecule has 0 amide bonds. The number of aromatic amines is 1. The number of hydrogen-bond donors (Lipinski definition) is 1. The van der Waals surface area contributed by atoms with Crippen molar-refractivity contribution in [2.24, 2.45) is 0 Å². The zero-order valence-electron chi connectivity index (χ0n) is 15.9. The average molecular weight is 446 g/mol. The van der Waals surface area contributed by atoms with Crippen molar-refractivity contribution in [2.45, 2.75) is 32.2 Å². The van der Waals surface area contributed by atoms with E-state index >= 15 is 0 Å². The third-order valence-electron chi connectivity index (χ3n) is 5.41. The Labute approximate surface area is 182 Å². The van der Waals surface area contributed by atoms with Gasteiger partial charge in [0.1, 0.15) is 5.82 Å². The van der Waals surface area contributed by atoms with E-state index in [1.807, 2.05) is 35.0 Å². The largest absolute Gasteiger partial charge is 0.347 e. The van der Waals surface area contributed by atoms with Crippen molar-refractivity contribution in [3.8, 4) is 11.3 Å². The van der Waals surface area contributed by atoms with Crippen LogP contribution < -0.4 is 4.90 Å². The molecule has 4 heterocycles. The number of hydrogen-bond acceptors (Lipinski definition) is 6. The molecule has 150 valence electrons. The zero-order valence-corrected chi connectivity index (χ0v) is 18.3. The molecule has 1 saturated heterocycles. The van der Waals surface area contributed by atoms with Crippen molar-refractivity contribution in [2.75, 3.05) is 18.0 Å². The van der Waals surface area contributed by atoms with Gasteiger partial charge in [0, 0.05) is 36.1 Å². The van der Waals surface area contributed by atoms with Crippen molar-refractivity contribution in [3.63, 3.8) is 0 Å². The third-order valence-corrected chi connectivity index (χ3v) is 6.95. The number of benzene rings is 1. The molecule has 0 spiro atoms. The van der Waals surface area contributed by atoms with Crippen LogP contribution in [-0.2, 0) is 6.54 Å². The summed E-state index contributed by atoms with van der Waals surface area (Å²) in [6, 6.07) is 7.71. The van der Waals surface area contributed by atoms with Crippen molar-refractivity contribution in [3.05, 3.63) is 46.1 Å². The first-order valence-corrected chi connectivity index (χ1v) is 11.2. The molecule has 0 unspecified atom stereocenters. The number of H-pyrrole nitrogens is 1. The van der Waals surface area contributed by atoms with Gasteiger partial charge in [0.2, 0.25) is 10.1 Å². The molecule has 1 aliphatic heterocycles. The van der Waals surface area contributed by atoms with Gasteiger partial charge in [-0.1, -0.05) is 35.1 Å². The molecule has 0 aliphatic carbocycles. The highest BCUT2D eigenvalue weighted by molar-refractivity contribution is 7.71. The van der Waals surface area contributed by atoms with Gasteiger partial charge in [-0.25, -0.2) is 9.50 Å². The summed E-state index contributed by atoms with van der Waals surface area (Å²) in [4.78, 5) is 7.98. The molecule has 7 nitrogen and oxygen atoms in total. The highest BCUT2D eigenvalue weighted by Crippen LogP contribution is 2.32. The summed E-state index contributed by atoms with van der Waals surface area (Å²) in [6.45, 7) is 4.86. The molecule has 1 fully saturated rings. The summed E-state index contributed by atoms with van der Waals surface area (Å²) < 4.78 is 4.69. The topological polar surface area (TPSA) is 67.0 Å². The van der Waals surface area contributed by atoms with Crippen molar-refractivity contribution >= 4 is 45.2 Å². The van der Waals surface area contributed by atoms with E-state index in [0.29, 0.717) is 10.7 Å². The molecule has 0 bridgehead atoms. The van der Waals surface area contributed by atoms with Crippen molar-refractivity contribution in [1.82, 2.24) is 29.4 Å². The molecule has 1 N–H and O–H groups in total. The van der Waals surface area contributed by atoms with Crippen LogP contribution in [-0.4, -0.2) is 42.5 Å². The van der Waals surface area contributed by atoms with Gasteiger partial charge in [0.25, 0.3) is 0 Å². The Hall–Kier alpha value is -2.23. The quantitative estimate of drug-likeness (QED) is 0.458. The molecule has 3 aromatic heterocycles. The normalized spacial score (nSPS) is 15.4. The van der Waals surface area contributed by atoms with Crippen LogP contribution in [0.3, 0.4) is 0 Å². The van der Waals surface area contributed by atoms with Crippen LogP contribution in [0.15, 0.2) is 30.5 Å².